The van der Waals surface area contributed by atoms with E-state index >= 15 is 0 Å². The highest BCUT2D eigenvalue weighted by Gasteiger charge is 2.21. The number of hydrogen-bond donors (Lipinski definition) is 0. The number of ether oxygens (including phenoxy) is 1. The SMILES string of the molecule is CCN(CCC(=O)OC)c1c(F)cc([N+](=O)[O-])cc1F. The van der Waals surface area contributed by atoms with Gasteiger partial charge in [-0.2, -0.15) is 0 Å². The van der Waals surface area contributed by atoms with Gasteiger partial charge in [0.25, 0.3) is 5.69 Å². The predicted molar refractivity (Wildman–Crippen MR) is 67.5 cm³/mol. The van der Waals surface area contributed by atoms with E-state index in [4.69, 9.17) is 0 Å². The van der Waals surface area contributed by atoms with Crippen molar-refractivity contribution in [2.24, 2.45) is 0 Å². The number of nitro benzene ring substituents is 1. The van der Waals surface area contributed by atoms with Crippen molar-refractivity contribution in [1.29, 1.82) is 0 Å². The van der Waals surface area contributed by atoms with Gasteiger partial charge in [0.15, 0.2) is 11.6 Å². The first kappa shape index (κ1) is 15.8. The normalized spacial score (nSPS) is 10.2. The van der Waals surface area contributed by atoms with Crippen LogP contribution in [0.2, 0.25) is 0 Å². The number of anilines is 1. The van der Waals surface area contributed by atoms with Gasteiger partial charge < -0.3 is 9.64 Å². The topological polar surface area (TPSA) is 72.7 Å². The Morgan fingerprint density at radius 3 is 2.35 bits per heavy atom. The Hall–Kier alpha value is -2.25. The van der Waals surface area contributed by atoms with E-state index in [0.29, 0.717) is 12.1 Å². The highest BCUT2D eigenvalue weighted by Crippen LogP contribution is 2.28. The first-order valence-corrected chi connectivity index (χ1v) is 5.85. The van der Waals surface area contributed by atoms with Gasteiger partial charge >= 0.3 is 5.97 Å². The van der Waals surface area contributed by atoms with Crippen molar-refractivity contribution in [3.05, 3.63) is 33.9 Å². The molecule has 0 aliphatic carbocycles. The number of benzene rings is 1. The summed E-state index contributed by atoms with van der Waals surface area (Å²) in [7, 11) is 1.21. The quantitative estimate of drug-likeness (QED) is 0.456. The second kappa shape index (κ2) is 6.78. The molecule has 1 aromatic rings. The summed E-state index contributed by atoms with van der Waals surface area (Å²) in [6.07, 6.45) is -0.0415. The fourth-order valence-corrected chi connectivity index (χ4v) is 1.72. The molecule has 20 heavy (non-hydrogen) atoms. The minimum Gasteiger partial charge on any atom is -0.469 e. The third-order valence-electron chi connectivity index (χ3n) is 2.72. The largest absolute Gasteiger partial charge is 0.469 e. The lowest BCUT2D eigenvalue weighted by Crippen LogP contribution is -2.28. The number of carbonyl (C=O) groups excluding carboxylic acids is 1. The number of nitrogens with zero attached hydrogens (tertiary/aromatic N) is 2. The van der Waals surface area contributed by atoms with Crippen LogP contribution in [0.25, 0.3) is 0 Å². The molecular weight excluding hydrogens is 274 g/mol. The smallest absolute Gasteiger partial charge is 0.307 e. The molecule has 0 aromatic heterocycles. The number of esters is 1. The fourth-order valence-electron chi connectivity index (χ4n) is 1.72. The van der Waals surface area contributed by atoms with Crippen LogP contribution in [0.15, 0.2) is 12.1 Å². The standard InChI is InChI=1S/C12H14F2N2O4/c1-3-15(5-4-11(17)20-2)12-9(13)6-8(16(18)19)7-10(12)14/h6-7H,3-5H2,1-2H3. The molecule has 0 unspecified atom stereocenters. The Morgan fingerprint density at radius 2 is 1.95 bits per heavy atom. The summed E-state index contributed by atoms with van der Waals surface area (Å²) in [5.41, 5.74) is -1.05. The van der Waals surface area contributed by atoms with Crippen LogP contribution >= 0.6 is 0 Å². The Morgan fingerprint density at radius 1 is 1.40 bits per heavy atom. The predicted octanol–water partition coefficient (Wildman–Crippen LogP) is 2.26. The van der Waals surface area contributed by atoms with E-state index in [1.807, 2.05) is 0 Å². The van der Waals surface area contributed by atoms with Gasteiger partial charge in [-0.1, -0.05) is 0 Å². The van der Waals surface area contributed by atoms with E-state index in [0.717, 1.165) is 0 Å². The number of halogens is 2. The van der Waals surface area contributed by atoms with Crippen LogP contribution in [0.4, 0.5) is 20.2 Å². The summed E-state index contributed by atoms with van der Waals surface area (Å²) in [5, 5.41) is 10.5. The summed E-state index contributed by atoms with van der Waals surface area (Å²) in [4.78, 5) is 22.0. The number of methoxy groups -OCH3 is 1. The lowest BCUT2D eigenvalue weighted by atomic mass is 10.2. The van der Waals surface area contributed by atoms with E-state index in [1.54, 1.807) is 6.92 Å². The average molecular weight is 288 g/mol. The zero-order chi connectivity index (χ0) is 15.3. The molecule has 0 atom stereocenters. The van der Waals surface area contributed by atoms with Gasteiger partial charge in [-0.05, 0) is 6.92 Å². The minimum atomic E-state index is -1.04. The molecule has 1 aromatic carbocycles. The Balaban J connectivity index is 3.03. The Labute approximate surface area is 114 Å². The van der Waals surface area contributed by atoms with Gasteiger partial charge in [-0.15, -0.1) is 0 Å². The molecule has 0 bridgehead atoms. The number of non-ortho nitro benzene ring substituents is 1. The van der Waals surface area contributed by atoms with Crippen LogP contribution in [0.1, 0.15) is 13.3 Å². The number of nitro groups is 1. The van der Waals surface area contributed by atoms with Crippen LogP contribution in [0.5, 0.6) is 0 Å². The minimum absolute atomic E-state index is 0.0415. The number of hydrogen-bond acceptors (Lipinski definition) is 5. The van der Waals surface area contributed by atoms with E-state index in [1.165, 1.54) is 12.0 Å². The maximum absolute atomic E-state index is 13.8. The first-order valence-electron chi connectivity index (χ1n) is 5.85. The van der Waals surface area contributed by atoms with Gasteiger partial charge in [0, 0.05) is 13.1 Å². The second-order valence-electron chi connectivity index (χ2n) is 3.92. The maximum atomic E-state index is 13.8. The molecular formula is C12H14F2N2O4. The van der Waals surface area contributed by atoms with Crippen molar-refractivity contribution in [3.63, 3.8) is 0 Å². The molecule has 8 heteroatoms. The van der Waals surface area contributed by atoms with Crippen LogP contribution in [-0.2, 0) is 9.53 Å². The van der Waals surface area contributed by atoms with Crippen molar-refractivity contribution in [3.8, 4) is 0 Å². The van der Waals surface area contributed by atoms with E-state index in [-0.39, 0.29) is 25.2 Å². The van der Waals surface area contributed by atoms with Gasteiger partial charge in [0.1, 0.15) is 5.69 Å². The molecule has 0 saturated carbocycles. The molecule has 0 aliphatic heterocycles. The summed E-state index contributed by atoms with van der Waals surface area (Å²) in [6, 6.07) is 1.30. The highest BCUT2D eigenvalue weighted by atomic mass is 19.1. The zero-order valence-electron chi connectivity index (χ0n) is 11.1. The summed E-state index contributed by atoms with van der Waals surface area (Å²) in [6.45, 7) is 1.94. The molecule has 6 nitrogen and oxygen atoms in total. The van der Waals surface area contributed by atoms with E-state index in [9.17, 15) is 23.7 Å². The molecule has 1 rings (SSSR count). The molecule has 0 amide bonds. The lowest BCUT2D eigenvalue weighted by molar-refractivity contribution is -0.385. The van der Waals surface area contributed by atoms with E-state index < -0.39 is 28.2 Å². The van der Waals surface area contributed by atoms with Crippen molar-refractivity contribution in [2.75, 3.05) is 25.1 Å². The summed E-state index contributed by atoms with van der Waals surface area (Å²) >= 11 is 0. The van der Waals surface area contributed by atoms with Gasteiger partial charge in [0.05, 0.1) is 30.6 Å². The van der Waals surface area contributed by atoms with Crippen LogP contribution in [0, 0.1) is 21.7 Å². The summed E-state index contributed by atoms with van der Waals surface area (Å²) < 4.78 is 32.1. The fraction of sp³-hybridized carbons (Fsp3) is 0.417. The highest BCUT2D eigenvalue weighted by molar-refractivity contribution is 5.70. The van der Waals surface area contributed by atoms with Gasteiger partial charge in [0.2, 0.25) is 0 Å². The van der Waals surface area contributed by atoms with Crippen molar-refractivity contribution >= 4 is 17.3 Å². The van der Waals surface area contributed by atoms with Crippen molar-refractivity contribution < 1.29 is 23.2 Å². The van der Waals surface area contributed by atoms with Crippen molar-refractivity contribution in [1.82, 2.24) is 0 Å². The van der Waals surface area contributed by atoms with Gasteiger partial charge in [-0.25, -0.2) is 8.78 Å². The average Bonchev–Trinajstić information content (AvgIpc) is 2.40. The monoisotopic (exact) mass is 288 g/mol. The third-order valence-corrected chi connectivity index (χ3v) is 2.72. The molecule has 0 heterocycles. The van der Waals surface area contributed by atoms with Crippen LogP contribution in [-0.4, -0.2) is 31.1 Å². The molecule has 0 fully saturated rings. The third kappa shape index (κ3) is 3.62. The lowest BCUT2D eigenvalue weighted by Gasteiger charge is -2.23. The summed E-state index contributed by atoms with van der Waals surface area (Å²) in [5.74, 6) is -2.59. The molecule has 0 saturated heterocycles. The molecule has 110 valence electrons. The number of rotatable bonds is 6. The Kier molecular flexibility index (Phi) is 5.36. The van der Waals surface area contributed by atoms with Crippen LogP contribution < -0.4 is 4.90 Å². The van der Waals surface area contributed by atoms with Crippen molar-refractivity contribution in [2.45, 2.75) is 13.3 Å². The van der Waals surface area contributed by atoms with E-state index in [2.05, 4.69) is 4.74 Å². The van der Waals surface area contributed by atoms with Crippen LogP contribution in [0.3, 0.4) is 0 Å². The molecule has 0 radical (unpaired) electrons. The number of carbonyl (C=O) groups is 1. The first-order chi connectivity index (χ1) is 9.40. The molecule has 0 aliphatic rings. The maximum Gasteiger partial charge on any atom is 0.307 e. The van der Waals surface area contributed by atoms with Gasteiger partial charge in [-0.3, -0.25) is 14.9 Å². The second-order valence-corrected chi connectivity index (χ2v) is 3.92. The molecule has 0 N–H and O–H groups in total. The Bertz CT molecular complexity index is 499. The molecule has 0 spiro atoms. The zero-order valence-corrected chi connectivity index (χ0v) is 11.1.